The number of anilines is 2. The second-order valence-electron chi connectivity index (χ2n) is 4.31. The van der Waals surface area contributed by atoms with E-state index in [0.29, 0.717) is 31.1 Å². The maximum absolute atomic E-state index is 11.3. The highest BCUT2D eigenvalue weighted by atomic mass is 16.1. The number of rotatable bonds is 6. The van der Waals surface area contributed by atoms with Crippen LogP contribution in [0.1, 0.15) is 38.7 Å². The van der Waals surface area contributed by atoms with Crippen molar-refractivity contribution in [2.75, 3.05) is 24.1 Å². The monoisotopic (exact) mass is 251 g/mol. The molecule has 4 N–H and O–H groups in total. The Labute approximate surface area is 107 Å². The van der Waals surface area contributed by atoms with E-state index in [2.05, 4.69) is 20.6 Å². The van der Waals surface area contributed by atoms with Gasteiger partial charge in [0.2, 0.25) is 5.91 Å². The first kappa shape index (κ1) is 14.2. The van der Waals surface area contributed by atoms with E-state index in [1.54, 1.807) is 0 Å². The summed E-state index contributed by atoms with van der Waals surface area (Å²) in [6.45, 7) is 7.14. The Morgan fingerprint density at radius 3 is 2.78 bits per heavy atom. The molecular formula is C12H21N5O. The molecule has 18 heavy (non-hydrogen) atoms. The third-order valence-electron chi connectivity index (χ3n) is 2.51. The Kier molecular flexibility index (Phi) is 5.35. The molecule has 1 heterocycles. The Bertz CT molecular complexity index is 405. The first-order chi connectivity index (χ1) is 8.56. The van der Waals surface area contributed by atoms with Gasteiger partial charge in [0.1, 0.15) is 18.0 Å². The van der Waals surface area contributed by atoms with Gasteiger partial charge in [-0.3, -0.25) is 4.79 Å². The van der Waals surface area contributed by atoms with E-state index in [0.717, 1.165) is 5.56 Å². The van der Waals surface area contributed by atoms with Gasteiger partial charge in [0.25, 0.3) is 0 Å². The summed E-state index contributed by atoms with van der Waals surface area (Å²) in [6, 6.07) is 0. The van der Waals surface area contributed by atoms with Gasteiger partial charge in [0.05, 0.1) is 0 Å². The van der Waals surface area contributed by atoms with Gasteiger partial charge < -0.3 is 16.4 Å². The van der Waals surface area contributed by atoms with Crippen molar-refractivity contribution in [1.82, 2.24) is 15.3 Å². The molecule has 0 aliphatic heterocycles. The zero-order valence-corrected chi connectivity index (χ0v) is 11.2. The number of hydrogen-bond donors (Lipinski definition) is 3. The molecule has 0 radical (unpaired) electrons. The van der Waals surface area contributed by atoms with Gasteiger partial charge in [-0.25, -0.2) is 9.97 Å². The van der Waals surface area contributed by atoms with Gasteiger partial charge >= 0.3 is 0 Å². The molecule has 0 aromatic carbocycles. The van der Waals surface area contributed by atoms with Crippen LogP contribution in [0, 0.1) is 0 Å². The molecule has 1 rings (SSSR count). The largest absolute Gasteiger partial charge is 0.383 e. The number of carbonyl (C=O) groups is 1. The molecule has 6 nitrogen and oxygen atoms in total. The summed E-state index contributed by atoms with van der Waals surface area (Å²) < 4.78 is 0. The van der Waals surface area contributed by atoms with Crippen LogP contribution in [0.2, 0.25) is 0 Å². The Hall–Kier alpha value is -1.85. The van der Waals surface area contributed by atoms with Crippen molar-refractivity contribution < 1.29 is 4.79 Å². The van der Waals surface area contributed by atoms with Crippen LogP contribution >= 0.6 is 0 Å². The Morgan fingerprint density at radius 2 is 2.17 bits per heavy atom. The van der Waals surface area contributed by atoms with E-state index in [9.17, 15) is 4.79 Å². The predicted molar refractivity (Wildman–Crippen MR) is 72.3 cm³/mol. The third kappa shape index (κ3) is 3.87. The molecule has 1 aromatic heterocycles. The highest BCUT2D eigenvalue weighted by Gasteiger charge is 2.12. The van der Waals surface area contributed by atoms with E-state index < -0.39 is 0 Å². The second kappa shape index (κ2) is 6.78. The number of nitrogen functional groups attached to an aromatic ring is 1. The number of nitrogens with one attached hydrogen (secondary N) is 2. The average molecular weight is 251 g/mol. The predicted octanol–water partition coefficient (Wildman–Crippen LogP) is 1.12. The number of nitrogens with zero attached hydrogens (tertiary/aromatic N) is 2. The number of hydrogen-bond acceptors (Lipinski definition) is 5. The van der Waals surface area contributed by atoms with Gasteiger partial charge in [-0.05, 0) is 12.8 Å². The van der Waals surface area contributed by atoms with Crippen molar-refractivity contribution in [3.05, 3.63) is 11.9 Å². The fourth-order valence-corrected chi connectivity index (χ4v) is 1.70. The van der Waals surface area contributed by atoms with Crippen LogP contribution in [0.3, 0.4) is 0 Å². The fraction of sp³-hybridized carbons (Fsp3) is 0.583. The van der Waals surface area contributed by atoms with Gasteiger partial charge in [-0.1, -0.05) is 13.8 Å². The number of aromatic nitrogens is 2. The third-order valence-corrected chi connectivity index (χ3v) is 2.51. The Morgan fingerprint density at radius 1 is 1.44 bits per heavy atom. The van der Waals surface area contributed by atoms with Crippen molar-refractivity contribution in [2.45, 2.75) is 33.1 Å². The van der Waals surface area contributed by atoms with Gasteiger partial charge in [0, 0.05) is 25.1 Å². The molecule has 0 fully saturated rings. The molecule has 0 unspecified atom stereocenters. The molecular weight excluding hydrogens is 230 g/mol. The van der Waals surface area contributed by atoms with Gasteiger partial charge in [0.15, 0.2) is 0 Å². The number of amides is 1. The zero-order valence-electron chi connectivity index (χ0n) is 11.2. The van der Waals surface area contributed by atoms with Crippen molar-refractivity contribution in [2.24, 2.45) is 0 Å². The standard InChI is InChI=1S/C12H21N5O/c1-4-14-9(18)5-6-15-12-10(8(2)3)11(13)16-7-17-12/h7-8H,4-6H2,1-3H3,(H,14,18)(H3,13,15,16,17). The molecule has 1 aromatic rings. The normalized spacial score (nSPS) is 10.4. The topological polar surface area (TPSA) is 92.9 Å². The SMILES string of the molecule is CCNC(=O)CCNc1ncnc(N)c1C(C)C. The molecule has 6 heteroatoms. The van der Waals surface area contributed by atoms with Crippen LogP contribution in [0.5, 0.6) is 0 Å². The first-order valence-corrected chi connectivity index (χ1v) is 6.17. The molecule has 0 atom stereocenters. The van der Waals surface area contributed by atoms with Crippen molar-refractivity contribution in [3.63, 3.8) is 0 Å². The highest BCUT2D eigenvalue weighted by Crippen LogP contribution is 2.25. The minimum atomic E-state index is 0.0260. The number of nitrogens with two attached hydrogens (primary N) is 1. The maximum Gasteiger partial charge on any atom is 0.221 e. The van der Waals surface area contributed by atoms with Crippen LogP contribution < -0.4 is 16.4 Å². The summed E-state index contributed by atoms with van der Waals surface area (Å²) in [4.78, 5) is 19.5. The molecule has 0 saturated heterocycles. The minimum Gasteiger partial charge on any atom is -0.383 e. The second-order valence-corrected chi connectivity index (χ2v) is 4.31. The Balaban J connectivity index is 2.62. The molecule has 100 valence electrons. The summed E-state index contributed by atoms with van der Waals surface area (Å²) in [6.07, 6.45) is 1.84. The first-order valence-electron chi connectivity index (χ1n) is 6.17. The van der Waals surface area contributed by atoms with E-state index in [1.165, 1.54) is 6.33 Å². The highest BCUT2D eigenvalue weighted by molar-refractivity contribution is 5.76. The molecule has 0 aliphatic carbocycles. The lowest BCUT2D eigenvalue weighted by molar-refractivity contribution is -0.120. The summed E-state index contributed by atoms with van der Waals surface area (Å²) in [7, 11) is 0. The maximum atomic E-state index is 11.3. The van der Waals surface area contributed by atoms with Crippen molar-refractivity contribution >= 4 is 17.5 Å². The summed E-state index contributed by atoms with van der Waals surface area (Å²) >= 11 is 0. The number of carbonyl (C=O) groups excluding carboxylic acids is 1. The molecule has 0 aliphatic rings. The molecule has 1 amide bonds. The molecule has 0 spiro atoms. The van der Waals surface area contributed by atoms with Crippen LogP contribution in [-0.4, -0.2) is 29.0 Å². The van der Waals surface area contributed by atoms with Crippen LogP contribution in [0.4, 0.5) is 11.6 Å². The van der Waals surface area contributed by atoms with Gasteiger partial charge in [-0.15, -0.1) is 0 Å². The fourth-order valence-electron chi connectivity index (χ4n) is 1.70. The van der Waals surface area contributed by atoms with Crippen LogP contribution in [-0.2, 0) is 4.79 Å². The summed E-state index contributed by atoms with van der Waals surface area (Å²) in [5.41, 5.74) is 6.73. The quantitative estimate of drug-likeness (QED) is 0.704. The molecule has 0 saturated carbocycles. The van der Waals surface area contributed by atoms with E-state index in [1.807, 2.05) is 20.8 Å². The minimum absolute atomic E-state index is 0.0260. The van der Waals surface area contributed by atoms with E-state index in [-0.39, 0.29) is 11.8 Å². The van der Waals surface area contributed by atoms with E-state index in [4.69, 9.17) is 5.73 Å². The smallest absolute Gasteiger partial charge is 0.221 e. The van der Waals surface area contributed by atoms with Crippen molar-refractivity contribution in [1.29, 1.82) is 0 Å². The molecule has 0 bridgehead atoms. The summed E-state index contributed by atoms with van der Waals surface area (Å²) in [5.74, 6) is 1.46. The summed E-state index contributed by atoms with van der Waals surface area (Å²) in [5, 5.41) is 5.88. The lowest BCUT2D eigenvalue weighted by Crippen LogP contribution is -2.25. The average Bonchev–Trinajstić information content (AvgIpc) is 2.28. The lowest BCUT2D eigenvalue weighted by Gasteiger charge is -2.14. The van der Waals surface area contributed by atoms with Crippen LogP contribution in [0.15, 0.2) is 6.33 Å². The van der Waals surface area contributed by atoms with Gasteiger partial charge in [-0.2, -0.15) is 0 Å². The van der Waals surface area contributed by atoms with E-state index >= 15 is 0 Å². The van der Waals surface area contributed by atoms with Crippen molar-refractivity contribution in [3.8, 4) is 0 Å². The van der Waals surface area contributed by atoms with Crippen LogP contribution in [0.25, 0.3) is 0 Å². The lowest BCUT2D eigenvalue weighted by atomic mass is 10.0. The zero-order chi connectivity index (χ0) is 13.5.